The largest absolute Gasteiger partial charge is 0.206 e. The van der Waals surface area contributed by atoms with Gasteiger partial charge in [0.25, 0.3) is 0 Å². The molecule has 0 atom stereocenters. The van der Waals surface area contributed by atoms with Crippen molar-refractivity contribution in [2.45, 2.75) is 0 Å². The summed E-state index contributed by atoms with van der Waals surface area (Å²) in [6, 6.07) is 14.5. The maximum atomic E-state index is 13.3. The summed E-state index contributed by atoms with van der Waals surface area (Å²) in [6.45, 7) is 0. The van der Waals surface area contributed by atoms with Crippen LogP contribution in [-0.2, 0) is 0 Å². The van der Waals surface area contributed by atoms with E-state index in [2.05, 4.69) is 6.07 Å². The smallest absolute Gasteiger partial charge is 0.131 e. The first-order valence-electron chi connectivity index (χ1n) is 4.19. The van der Waals surface area contributed by atoms with E-state index >= 15 is 0 Å². The maximum absolute atomic E-state index is 13.3. The van der Waals surface area contributed by atoms with Crippen LogP contribution in [0.5, 0.6) is 0 Å². The Bertz CT molecular complexity index is 452. The molecule has 1 radical (unpaired) electrons. The molecule has 0 aromatic heterocycles. The van der Waals surface area contributed by atoms with E-state index in [0.29, 0.717) is 10.6 Å². The number of hydrogen-bond acceptors (Lipinski definition) is 0. The molecule has 0 spiro atoms. The summed E-state index contributed by atoms with van der Waals surface area (Å²) >= 11 is 5.82. The van der Waals surface area contributed by atoms with Crippen LogP contribution in [0.25, 0.3) is 11.1 Å². The third-order valence-corrected chi connectivity index (χ3v) is 2.18. The lowest BCUT2D eigenvalue weighted by molar-refractivity contribution is 0.631. The van der Waals surface area contributed by atoms with E-state index in [4.69, 9.17) is 11.6 Å². The molecule has 0 saturated heterocycles. The molecule has 2 rings (SSSR count). The Labute approximate surface area is 87.0 Å². The van der Waals surface area contributed by atoms with Gasteiger partial charge in [0.15, 0.2) is 0 Å². The fourth-order valence-electron chi connectivity index (χ4n) is 1.30. The summed E-state index contributed by atoms with van der Waals surface area (Å²) in [6.07, 6.45) is 0. The summed E-state index contributed by atoms with van der Waals surface area (Å²) in [5.74, 6) is -0.283. The molecule has 0 unspecified atom stereocenters. The van der Waals surface area contributed by atoms with E-state index in [1.165, 1.54) is 6.07 Å². The van der Waals surface area contributed by atoms with Gasteiger partial charge in [-0.25, -0.2) is 4.39 Å². The maximum Gasteiger partial charge on any atom is 0.131 e. The van der Waals surface area contributed by atoms with Crippen molar-refractivity contribution in [1.82, 2.24) is 0 Å². The van der Waals surface area contributed by atoms with E-state index in [1.807, 2.05) is 6.07 Å². The van der Waals surface area contributed by atoms with Crippen molar-refractivity contribution in [3.05, 3.63) is 59.4 Å². The fraction of sp³-hybridized carbons (Fsp3) is 0. The van der Waals surface area contributed by atoms with Gasteiger partial charge in [0.1, 0.15) is 5.82 Å². The van der Waals surface area contributed by atoms with Crippen LogP contribution < -0.4 is 0 Å². The summed E-state index contributed by atoms with van der Waals surface area (Å²) in [7, 11) is 0. The molecule has 0 saturated carbocycles. The number of rotatable bonds is 1. The Morgan fingerprint density at radius 2 is 2.07 bits per heavy atom. The van der Waals surface area contributed by atoms with Crippen molar-refractivity contribution < 1.29 is 4.39 Å². The van der Waals surface area contributed by atoms with Crippen LogP contribution in [-0.4, -0.2) is 0 Å². The molecular formula is C12H7ClF. The van der Waals surface area contributed by atoms with Gasteiger partial charge in [0.2, 0.25) is 0 Å². The third kappa shape index (κ3) is 1.78. The molecular weight excluding hydrogens is 199 g/mol. The summed E-state index contributed by atoms with van der Waals surface area (Å²) in [5, 5.41) is 0.606. The van der Waals surface area contributed by atoms with E-state index in [1.54, 1.807) is 30.3 Å². The molecule has 0 aliphatic rings. The van der Waals surface area contributed by atoms with Crippen molar-refractivity contribution in [2.24, 2.45) is 0 Å². The van der Waals surface area contributed by atoms with Gasteiger partial charge in [-0.15, -0.1) is 0 Å². The molecule has 0 aliphatic carbocycles. The lowest BCUT2D eigenvalue weighted by Crippen LogP contribution is -1.82. The standard InChI is InChI=1S/C12H7ClF/c13-10-5-3-4-9(8-10)11-6-1-2-7-12(11)14/h1,3-8H. The van der Waals surface area contributed by atoms with E-state index < -0.39 is 0 Å². The zero-order valence-electron chi connectivity index (χ0n) is 7.30. The Morgan fingerprint density at radius 3 is 2.79 bits per heavy atom. The Hall–Kier alpha value is -1.34. The minimum atomic E-state index is -0.283. The first kappa shape index (κ1) is 9.22. The van der Waals surface area contributed by atoms with E-state index in [0.717, 1.165) is 5.56 Å². The lowest BCUT2D eigenvalue weighted by atomic mass is 10.1. The minimum Gasteiger partial charge on any atom is -0.206 e. The molecule has 0 N–H and O–H groups in total. The van der Waals surface area contributed by atoms with Crippen molar-refractivity contribution in [3.8, 4) is 11.1 Å². The molecule has 0 amide bonds. The van der Waals surface area contributed by atoms with Crippen LogP contribution in [0, 0.1) is 11.9 Å². The normalized spacial score (nSPS) is 10.1. The van der Waals surface area contributed by atoms with Gasteiger partial charge < -0.3 is 0 Å². The number of halogens is 2. The third-order valence-electron chi connectivity index (χ3n) is 1.95. The van der Waals surface area contributed by atoms with Crippen LogP contribution in [0.2, 0.25) is 5.02 Å². The van der Waals surface area contributed by atoms with E-state index in [9.17, 15) is 4.39 Å². The molecule has 0 bridgehead atoms. The fourth-order valence-corrected chi connectivity index (χ4v) is 1.49. The molecule has 2 aromatic rings. The second-order valence-electron chi connectivity index (χ2n) is 2.92. The summed E-state index contributed by atoms with van der Waals surface area (Å²) < 4.78 is 13.3. The van der Waals surface area contributed by atoms with Crippen LogP contribution in [0.1, 0.15) is 0 Å². The van der Waals surface area contributed by atoms with Crippen molar-refractivity contribution in [2.75, 3.05) is 0 Å². The quantitative estimate of drug-likeness (QED) is 0.662. The van der Waals surface area contributed by atoms with Crippen LogP contribution >= 0.6 is 11.6 Å². The molecule has 0 fully saturated rings. The van der Waals surface area contributed by atoms with Crippen LogP contribution in [0.4, 0.5) is 4.39 Å². The predicted molar refractivity (Wildman–Crippen MR) is 55.7 cm³/mol. The Morgan fingerprint density at radius 1 is 1.21 bits per heavy atom. The highest BCUT2D eigenvalue weighted by atomic mass is 35.5. The Balaban J connectivity index is 2.55. The van der Waals surface area contributed by atoms with Gasteiger partial charge in [-0.05, 0) is 29.8 Å². The summed E-state index contributed by atoms with van der Waals surface area (Å²) in [4.78, 5) is 0. The molecule has 2 aromatic carbocycles. The second-order valence-corrected chi connectivity index (χ2v) is 3.35. The highest BCUT2D eigenvalue weighted by Crippen LogP contribution is 2.24. The SMILES string of the molecule is Fc1c[c]ccc1-c1cccc(Cl)c1. The van der Waals surface area contributed by atoms with Gasteiger partial charge in [0, 0.05) is 10.6 Å². The first-order valence-corrected chi connectivity index (χ1v) is 4.57. The average molecular weight is 206 g/mol. The minimum absolute atomic E-state index is 0.283. The second kappa shape index (κ2) is 3.81. The van der Waals surface area contributed by atoms with Crippen molar-refractivity contribution in [3.63, 3.8) is 0 Å². The topological polar surface area (TPSA) is 0 Å². The monoisotopic (exact) mass is 205 g/mol. The zero-order valence-corrected chi connectivity index (χ0v) is 8.05. The number of benzene rings is 2. The molecule has 69 valence electrons. The van der Waals surface area contributed by atoms with Gasteiger partial charge in [-0.1, -0.05) is 35.9 Å². The van der Waals surface area contributed by atoms with Gasteiger partial charge >= 0.3 is 0 Å². The van der Waals surface area contributed by atoms with Crippen LogP contribution in [0.15, 0.2) is 42.5 Å². The Kier molecular flexibility index (Phi) is 2.51. The lowest BCUT2D eigenvalue weighted by Gasteiger charge is -2.02. The van der Waals surface area contributed by atoms with Crippen LogP contribution in [0.3, 0.4) is 0 Å². The predicted octanol–water partition coefficient (Wildman–Crippen LogP) is 3.95. The molecule has 0 nitrogen and oxygen atoms in total. The average Bonchev–Trinajstić information content (AvgIpc) is 2.18. The van der Waals surface area contributed by atoms with E-state index in [-0.39, 0.29) is 5.82 Å². The van der Waals surface area contributed by atoms with Gasteiger partial charge in [0.05, 0.1) is 0 Å². The highest BCUT2D eigenvalue weighted by molar-refractivity contribution is 6.30. The van der Waals surface area contributed by atoms with Gasteiger partial charge in [-0.2, -0.15) is 0 Å². The van der Waals surface area contributed by atoms with Gasteiger partial charge in [-0.3, -0.25) is 0 Å². The molecule has 14 heavy (non-hydrogen) atoms. The molecule has 2 heteroatoms. The van der Waals surface area contributed by atoms with Crippen molar-refractivity contribution in [1.29, 1.82) is 0 Å². The molecule has 0 aliphatic heterocycles. The first-order chi connectivity index (χ1) is 6.77. The summed E-state index contributed by atoms with van der Waals surface area (Å²) in [5.41, 5.74) is 1.33. The highest BCUT2D eigenvalue weighted by Gasteiger charge is 2.03. The molecule has 0 heterocycles. The zero-order chi connectivity index (χ0) is 9.97. The number of hydrogen-bond donors (Lipinski definition) is 0. The van der Waals surface area contributed by atoms with Crippen molar-refractivity contribution >= 4 is 11.6 Å².